The monoisotopic (exact) mass is 339 g/mol. The smallest absolute Gasteiger partial charge is 0.216 e. The number of nitrogens with zero attached hydrogens (tertiary/aromatic N) is 1. The van der Waals surface area contributed by atoms with Gasteiger partial charge < -0.3 is 9.67 Å². The Kier molecular flexibility index (Phi) is 3.60. The molecule has 2 aliphatic rings. The highest BCUT2D eigenvalue weighted by Gasteiger charge is 2.47. The molecule has 0 radical (unpaired) electrons. The van der Waals surface area contributed by atoms with E-state index < -0.39 is 11.3 Å². The van der Waals surface area contributed by atoms with Gasteiger partial charge in [-0.25, -0.2) is 4.39 Å². The molecule has 1 spiro atoms. The summed E-state index contributed by atoms with van der Waals surface area (Å²) >= 11 is 0. The highest BCUT2D eigenvalue weighted by molar-refractivity contribution is 6.21. The van der Waals surface area contributed by atoms with E-state index >= 15 is 0 Å². The van der Waals surface area contributed by atoms with Crippen LogP contribution in [0.15, 0.2) is 47.7 Å². The van der Waals surface area contributed by atoms with Crippen LogP contribution in [-0.2, 0) is 10.3 Å². The normalized spacial score (nSPS) is 19.2. The molecule has 0 bridgehead atoms. The van der Waals surface area contributed by atoms with Gasteiger partial charge in [-0.2, -0.15) is 0 Å². The minimum absolute atomic E-state index is 0.126. The summed E-state index contributed by atoms with van der Waals surface area (Å²) in [6, 6.07) is 9.56. The lowest BCUT2D eigenvalue weighted by atomic mass is 9.75. The first kappa shape index (κ1) is 15.8. The predicted octanol–water partition coefficient (Wildman–Crippen LogP) is 4.16. The molecule has 0 saturated heterocycles. The number of carbonyl (C=O) groups excluding carboxylic acids is 2. The van der Waals surface area contributed by atoms with Gasteiger partial charge in [-0.15, -0.1) is 0 Å². The fourth-order valence-electron chi connectivity index (χ4n) is 4.23. The minimum atomic E-state index is -0.773. The molecule has 0 unspecified atom stereocenters. The van der Waals surface area contributed by atoms with Gasteiger partial charge >= 0.3 is 0 Å². The molecule has 1 N–H and O–H groups in total. The molecular formula is C20H18FNO3. The molecule has 0 amide bonds. The zero-order valence-corrected chi connectivity index (χ0v) is 13.7. The van der Waals surface area contributed by atoms with Crippen molar-refractivity contribution in [2.45, 2.75) is 37.6 Å². The summed E-state index contributed by atoms with van der Waals surface area (Å²) in [7, 11) is 0. The number of halogens is 1. The Balaban J connectivity index is 1.98. The van der Waals surface area contributed by atoms with Crippen LogP contribution in [0.25, 0.3) is 11.3 Å². The lowest BCUT2D eigenvalue weighted by molar-refractivity contribution is -0.105. The molecule has 1 aliphatic heterocycles. The van der Waals surface area contributed by atoms with E-state index in [-0.39, 0.29) is 17.1 Å². The van der Waals surface area contributed by atoms with Crippen LogP contribution in [0.3, 0.4) is 0 Å². The van der Waals surface area contributed by atoms with Crippen LogP contribution < -0.4 is 0 Å². The third-order valence-corrected chi connectivity index (χ3v) is 5.42. The maximum atomic E-state index is 13.3. The summed E-state index contributed by atoms with van der Waals surface area (Å²) in [5.41, 5.74) is 1.01. The number of allylic oxidation sites excluding steroid dienone is 2. The van der Waals surface area contributed by atoms with E-state index in [1.165, 1.54) is 12.1 Å². The Morgan fingerprint density at radius 1 is 1.00 bits per heavy atom. The van der Waals surface area contributed by atoms with Gasteiger partial charge in [0.2, 0.25) is 5.78 Å². The fraction of sp³-hybridized carbons (Fsp3) is 0.300. The number of aldehydes is 1. The molecular weight excluding hydrogens is 321 g/mol. The second kappa shape index (κ2) is 5.69. The molecule has 2 heterocycles. The molecule has 2 aromatic rings. The Bertz CT molecular complexity index is 886. The lowest BCUT2D eigenvalue weighted by Crippen LogP contribution is -2.44. The van der Waals surface area contributed by atoms with E-state index in [9.17, 15) is 19.1 Å². The molecule has 1 fully saturated rings. The van der Waals surface area contributed by atoms with Crippen LogP contribution >= 0.6 is 0 Å². The first-order valence-corrected chi connectivity index (χ1v) is 8.50. The van der Waals surface area contributed by atoms with E-state index in [2.05, 4.69) is 0 Å². The molecule has 1 saturated carbocycles. The number of rotatable bonds is 2. The van der Waals surface area contributed by atoms with E-state index in [4.69, 9.17) is 0 Å². The van der Waals surface area contributed by atoms with Gasteiger partial charge in [-0.05, 0) is 54.8 Å². The van der Waals surface area contributed by atoms with Crippen molar-refractivity contribution < 1.29 is 19.1 Å². The quantitative estimate of drug-likeness (QED) is 0.660. The van der Waals surface area contributed by atoms with Crippen molar-refractivity contribution in [3.05, 3.63) is 59.2 Å². The molecule has 1 aromatic heterocycles. The van der Waals surface area contributed by atoms with Crippen molar-refractivity contribution in [2.75, 3.05) is 0 Å². The number of ketones is 1. The molecule has 0 atom stereocenters. The first-order chi connectivity index (χ1) is 12.1. The summed E-state index contributed by atoms with van der Waals surface area (Å²) in [6.07, 6.45) is 4.67. The third kappa shape index (κ3) is 2.18. The van der Waals surface area contributed by atoms with Gasteiger partial charge in [0.15, 0.2) is 6.29 Å². The maximum Gasteiger partial charge on any atom is 0.216 e. The molecule has 128 valence electrons. The van der Waals surface area contributed by atoms with Crippen LogP contribution in [0.1, 0.15) is 42.6 Å². The van der Waals surface area contributed by atoms with Crippen molar-refractivity contribution in [2.24, 2.45) is 0 Å². The molecule has 1 aliphatic carbocycles. The molecule has 4 rings (SSSR count). The minimum Gasteiger partial charge on any atom is -0.509 e. The number of fused-ring (bicyclic) bond motifs is 2. The summed E-state index contributed by atoms with van der Waals surface area (Å²) in [6.45, 7) is 0. The Morgan fingerprint density at radius 3 is 2.28 bits per heavy atom. The number of aliphatic hydroxyl groups is 1. The summed E-state index contributed by atoms with van der Waals surface area (Å²) in [4.78, 5) is 24.1. The average Bonchev–Trinajstić information content (AvgIpc) is 3.08. The van der Waals surface area contributed by atoms with Crippen LogP contribution in [0.4, 0.5) is 4.39 Å². The third-order valence-electron chi connectivity index (χ3n) is 5.42. The van der Waals surface area contributed by atoms with Crippen LogP contribution in [0, 0.1) is 5.82 Å². The molecule has 5 heteroatoms. The second-order valence-electron chi connectivity index (χ2n) is 6.75. The van der Waals surface area contributed by atoms with E-state index in [1.54, 1.807) is 24.3 Å². The van der Waals surface area contributed by atoms with Crippen LogP contribution in [0.2, 0.25) is 0 Å². The lowest BCUT2D eigenvalue weighted by Gasteiger charge is -2.43. The number of carbonyl (C=O) groups is 2. The fourth-order valence-corrected chi connectivity index (χ4v) is 4.23. The van der Waals surface area contributed by atoms with Crippen LogP contribution in [0.5, 0.6) is 0 Å². The van der Waals surface area contributed by atoms with Gasteiger partial charge in [0, 0.05) is 5.69 Å². The SMILES string of the molecule is O=CC1=C(O)C2(CCCCC2)n2c(ccc2-c2ccc(F)cc2)C1=O. The number of aromatic nitrogens is 1. The molecule has 4 nitrogen and oxygen atoms in total. The number of aliphatic hydroxyl groups excluding tert-OH is 1. The highest BCUT2D eigenvalue weighted by Crippen LogP contribution is 2.47. The largest absolute Gasteiger partial charge is 0.509 e. The van der Waals surface area contributed by atoms with Crippen molar-refractivity contribution in [3.63, 3.8) is 0 Å². The van der Waals surface area contributed by atoms with E-state index in [1.807, 2.05) is 4.57 Å². The predicted molar refractivity (Wildman–Crippen MR) is 90.9 cm³/mol. The molecule has 1 aromatic carbocycles. The van der Waals surface area contributed by atoms with Crippen molar-refractivity contribution in [1.29, 1.82) is 0 Å². The van der Waals surface area contributed by atoms with Gasteiger partial charge in [-0.1, -0.05) is 19.3 Å². The number of hydrogen-bond donors (Lipinski definition) is 1. The van der Waals surface area contributed by atoms with Gasteiger partial charge in [0.05, 0.1) is 5.69 Å². The first-order valence-electron chi connectivity index (χ1n) is 8.50. The van der Waals surface area contributed by atoms with Gasteiger partial charge in [-0.3, -0.25) is 9.59 Å². The molecule has 25 heavy (non-hydrogen) atoms. The Hall–Kier alpha value is -2.69. The highest BCUT2D eigenvalue weighted by atomic mass is 19.1. The van der Waals surface area contributed by atoms with Gasteiger partial charge in [0.1, 0.15) is 22.7 Å². The van der Waals surface area contributed by atoms with Crippen molar-refractivity contribution in [1.82, 2.24) is 4.57 Å². The maximum absolute atomic E-state index is 13.3. The van der Waals surface area contributed by atoms with Crippen LogP contribution in [-0.4, -0.2) is 21.7 Å². The second-order valence-corrected chi connectivity index (χ2v) is 6.75. The Labute approximate surface area is 144 Å². The summed E-state index contributed by atoms with van der Waals surface area (Å²) in [5, 5.41) is 10.8. The number of hydrogen-bond acceptors (Lipinski definition) is 3. The zero-order valence-electron chi connectivity index (χ0n) is 13.7. The number of Topliss-reactive ketones (excluding diaryl/α,β-unsaturated/α-hetero) is 1. The topological polar surface area (TPSA) is 59.3 Å². The van der Waals surface area contributed by atoms with Crippen molar-refractivity contribution in [3.8, 4) is 11.3 Å². The van der Waals surface area contributed by atoms with Gasteiger partial charge in [0.25, 0.3) is 0 Å². The van der Waals surface area contributed by atoms with E-state index in [0.717, 1.165) is 30.5 Å². The number of benzene rings is 1. The summed E-state index contributed by atoms with van der Waals surface area (Å²) < 4.78 is 15.2. The standard InChI is InChI=1S/C20H18FNO3/c21-14-6-4-13(5-7-14)16-8-9-17-18(24)15(12-23)19(25)20(22(16)17)10-2-1-3-11-20/h4-9,12,25H,1-3,10-11H2. The van der Waals surface area contributed by atoms with Crippen molar-refractivity contribution >= 4 is 12.1 Å². The average molecular weight is 339 g/mol. The zero-order chi connectivity index (χ0) is 17.6. The summed E-state index contributed by atoms with van der Waals surface area (Å²) in [5.74, 6) is -0.917. The Morgan fingerprint density at radius 2 is 1.64 bits per heavy atom. The van der Waals surface area contributed by atoms with E-state index in [0.29, 0.717) is 24.8 Å².